The van der Waals surface area contributed by atoms with Crippen LogP contribution in [-0.4, -0.2) is 9.04 Å². The molecule has 3 heteroatoms. The molecule has 0 aliphatic rings. The van der Waals surface area contributed by atoms with Gasteiger partial charge in [0.2, 0.25) is 0 Å². The summed E-state index contributed by atoms with van der Waals surface area (Å²) in [6.07, 6.45) is -0.0558. The zero-order valence-electron chi connectivity index (χ0n) is 18.4. The van der Waals surface area contributed by atoms with Crippen LogP contribution in [0.25, 0.3) is 0 Å². The largest absolute Gasteiger partial charge is 0.400 e. The van der Waals surface area contributed by atoms with Crippen molar-refractivity contribution in [2.75, 3.05) is 5.73 Å². The second-order valence-electron chi connectivity index (χ2n) is 8.89. The first-order chi connectivity index (χ1) is 13.7. The molecule has 0 saturated heterocycles. The molecule has 151 valence electrons. The van der Waals surface area contributed by atoms with Crippen LogP contribution in [0.3, 0.4) is 0 Å². The maximum absolute atomic E-state index is 7.08. The molecule has 1 atom stereocenters. The molecule has 0 aliphatic carbocycles. The Labute approximate surface area is 177 Å². The molecular weight excluding hydrogens is 370 g/mol. The molecule has 0 spiro atoms. The van der Waals surface area contributed by atoms with Crippen molar-refractivity contribution >= 4 is 25.1 Å². The number of benzene rings is 3. The Morgan fingerprint density at radius 2 is 1.28 bits per heavy atom. The van der Waals surface area contributed by atoms with Crippen molar-refractivity contribution < 1.29 is 4.43 Å². The zero-order valence-corrected chi connectivity index (χ0v) is 19.4. The molecule has 1 radical (unpaired) electrons. The van der Waals surface area contributed by atoms with E-state index in [0.717, 1.165) is 16.8 Å². The van der Waals surface area contributed by atoms with Crippen molar-refractivity contribution in [2.45, 2.75) is 47.6 Å². The highest BCUT2D eigenvalue weighted by molar-refractivity contribution is 6.80. The maximum Gasteiger partial charge on any atom is 0.283 e. The van der Waals surface area contributed by atoms with Gasteiger partial charge in [-0.1, -0.05) is 87.5 Å². The molecule has 2 N–H and O–H groups in total. The average Bonchev–Trinajstić information content (AvgIpc) is 2.69. The van der Waals surface area contributed by atoms with Crippen LogP contribution >= 0.6 is 0 Å². The summed E-state index contributed by atoms with van der Waals surface area (Å²) in [4.78, 5) is 0. The fourth-order valence-corrected chi connectivity index (χ4v) is 6.19. The second-order valence-corrected chi connectivity index (χ2v) is 10.9. The molecular formula is C26H32NOSi. The molecule has 3 rings (SSSR count). The van der Waals surface area contributed by atoms with Crippen molar-refractivity contribution in [3.63, 3.8) is 0 Å². The number of nitrogens with two attached hydrogens (primary N) is 1. The Kier molecular flexibility index (Phi) is 6.30. The quantitative estimate of drug-likeness (QED) is 0.476. The minimum Gasteiger partial charge on any atom is -0.400 e. The molecule has 0 bridgehead atoms. The first kappa shape index (κ1) is 21.3. The molecule has 1 unspecified atom stereocenters. The third-order valence-corrected chi connectivity index (χ3v) is 7.63. The smallest absolute Gasteiger partial charge is 0.283 e. The molecule has 3 aromatic carbocycles. The van der Waals surface area contributed by atoms with Gasteiger partial charge in [-0.15, -0.1) is 0 Å². The summed E-state index contributed by atoms with van der Waals surface area (Å²) in [5, 5.41) is 2.52. The van der Waals surface area contributed by atoms with E-state index in [-0.39, 0.29) is 11.5 Å². The standard InChI is InChI=1S/C26H32NOSi/c1-18-17-19(2)24(27)20(3)23(18)25(26(4,5)6)28-29(21-13-9-7-10-14-21)22-15-11-8-12-16-22/h7-17,25H,27H2,1-6H3. The van der Waals surface area contributed by atoms with Gasteiger partial charge in [-0.3, -0.25) is 0 Å². The summed E-state index contributed by atoms with van der Waals surface area (Å²) in [7, 11) is -1.42. The van der Waals surface area contributed by atoms with Crippen LogP contribution in [0.1, 0.15) is 49.1 Å². The summed E-state index contributed by atoms with van der Waals surface area (Å²) in [5.41, 5.74) is 12.0. The average molecular weight is 403 g/mol. The van der Waals surface area contributed by atoms with E-state index in [9.17, 15) is 0 Å². The Hall–Kier alpha value is -2.36. The monoisotopic (exact) mass is 402 g/mol. The highest BCUT2D eigenvalue weighted by Gasteiger charge is 2.34. The van der Waals surface area contributed by atoms with Gasteiger partial charge in [-0.2, -0.15) is 0 Å². The van der Waals surface area contributed by atoms with E-state index in [2.05, 4.69) is 108 Å². The molecule has 0 heterocycles. The van der Waals surface area contributed by atoms with E-state index in [4.69, 9.17) is 10.2 Å². The highest BCUT2D eigenvalue weighted by Crippen LogP contribution is 2.41. The molecule has 0 amide bonds. The summed E-state index contributed by atoms with van der Waals surface area (Å²) in [6.45, 7) is 13.1. The van der Waals surface area contributed by atoms with E-state index in [0.29, 0.717) is 0 Å². The van der Waals surface area contributed by atoms with Crippen molar-refractivity contribution in [3.8, 4) is 0 Å². The van der Waals surface area contributed by atoms with Gasteiger partial charge < -0.3 is 10.2 Å². The molecule has 0 fully saturated rings. The first-order valence-electron chi connectivity index (χ1n) is 10.2. The van der Waals surface area contributed by atoms with Gasteiger partial charge in [0.05, 0.1) is 6.10 Å². The number of anilines is 1. The Morgan fingerprint density at radius 1 is 0.793 bits per heavy atom. The number of aryl methyl sites for hydroxylation is 2. The van der Waals surface area contributed by atoms with Gasteiger partial charge in [-0.25, -0.2) is 0 Å². The van der Waals surface area contributed by atoms with Crippen LogP contribution < -0.4 is 16.1 Å². The highest BCUT2D eigenvalue weighted by atomic mass is 28.3. The summed E-state index contributed by atoms with van der Waals surface area (Å²) in [6, 6.07) is 23.4. The Morgan fingerprint density at radius 3 is 1.72 bits per heavy atom. The predicted octanol–water partition coefficient (Wildman–Crippen LogP) is 5.10. The van der Waals surface area contributed by atoms with Gasteiger partial charge in [0.15, 0.2) is 0 Å². The first-order valence-corrected chi connectivity index (χ1v) is 11.6. The minimum absolute atomic E-state index is 0.0558. The van der Waals surface area contributed by atoms with Crippen LogP contribution in [0.2, 0.25) is 0 Å². The van der Waals surface area contributed by atoms with Gasteiger partial charge in [0, 0.05) is 5.69 Å². The number of nitrogen functional groups attached to an aromatic ring is 1. The SMILES string of the molecule is Cc1cc(C)c(C(O[Si](c2ccccc2)c2ccccc2)C(C)(C)C)c(C)c1N. The lowest BCUT2D eigenvalue weighted by Crippen LogP contribution is -2.47. The van der Waals surface area contributed by atoms with Gasteiger partial charge in [-0.05, 0) is 58.8 Å². The van der Waals surface area contributed by atoms with Crippen molar-refractivity contribution in [1.82, 2.24) is 0 Å². The molecule has 0 aromatic heterocycles. The van der Waals surface area contributed by atoms with E-state index in [1.165, 1.54) is 21.5 Å². The zero-order chi connectivity index (χ0) is 21.2. The lowest BCUT2D eigenvalue weighted by atomic mass is 9.80. The van der Waals surface area contributed by atoms with E-state index in [1.807, 2.05) is 0 Å². The fraction of sp³-hybridized carbons (Fsp3) is 0.308. The normalized spacial score (nSPS) is 12.9. The number of hydrogen-bond donors (Lipinski definition) is 1. The third-order valence-electron chi connectivity index (χ3n) is 5.45. The molecule has 0 aliphatic heterocycles. The summed E-state index contributed by atoms with van der Waals surface area (Å²) >= 11 is 0. The van der Waals surface area contributed by atoms with E-state index < -0.39 is 9.04 Å². The second kappa shape index (κ2) is 8.56. The summed E-state index contributed by atoms with van der Waals surface area (Å²) in [5.74, 6) is 0. The third kappa shape index (κ3) is 4.63. The lowest BCUT2D eigenvalue weighted by molar-refractivity contribution is 0.0886. The van der Waals surface area contributed by atoms with Gasteiger partial charge in [0.25, 0.3) is 9.04 Å². The molecule has 0 saturated carbocycles. The summed E-state index contributed by atoms with van der Waals surface area (Å²) < 4.78 is 7.08. The predicted molar refractivity (Wildman–Crippen MR) is 126 cm³/mol. The molecule has 3 aromatic rings. The van der Waals surface area contributed by atoms with Gasteiger partial charge in [0.1, 0.15) is 0 Å². The minimum atomic E-state index is -1.42. The lowest BCUT2D eigenvalue weighted by Gasteiger charge is -2.36. The van der Waals surface area contributed by atoms with Crippen LogP contribution in [0.5, 0.6) is 0 Å². The Bertz CT molecular complexity index is 922. The molecule has 29 heavy (non-hydrogen) atoms. The molecule has 2 nitrogen and oxygen atoms in total. The maximum atomic E-state index is 7.08. The van der Waals surface area contributed by atoms with Crippen LogP contribution in [0.4, 0.5) is 5.69 Å². The number of hydrogen-bond acceptors (Lipinski definition) is 2. The topological polar surface area (TPSA) is 35.2 Å². The van der Waals surface area contributed by atoms with Crippen LogP contribution in [0, 0.1) is 26.2 Å². The Balaban J connectivity index is 2.14. The van der Waals surface area contributed by atoms with Crippen LogP contribution in [-0.2, 0) is 4.43 Å². The van der Waals surface area contributed by atoms with Gasteiger partial charge >= 0.3 is 0 Å². The number of rotatable bonds is 5. The van der Waals surface area contributed by atoms with Crippen molar-refractivity contribution in [1.29, 1.82) is 0 Å². The van der Waals surface area contributed by atoms with Crippen LogP contribution in [0.15, 0.2) is 66.7 Å². The van der Waals surface area contributed by atoms with E-state index >= 15 is 0 Å². The van der Waals surface area contributed by atoms with Crippen molar-refractivity contribution in [2.24, 2.45) is 5.41 Å². The van der Waals surface area contributed by atoms with Crippen molar-refractivity contribution in [3.05, 3.63) is 89.0 Å². The fourth-order valence-electron chi connectivity index (χ4n) is 3.89. The van der Waals surface area contributed by atoms with E-state index in [1.54, 1.807) is 0 Å².